The largest absolute Gasteiger partial charge is 0.310 e. The van der Waals surface area contributed by atoms with Crippen molar-refractivity contribution in [1.82, 2.24) is 14.9 Å². The number of hydrogen-bond acceptors (Lipinski definition) is 3. The van der Waals surface area contributed by atoms with Crippen LogP contribution in [0.3, 0.4) is 0 Å². The van der Waals surface area contributed by atoms with Crippen LogP contribution in [0.5, 0.6) is 0 Å². The average Bonchev–Trinajstić information content (AvgIpc) is 3.08. The van der Waals surface area contributed by atoms with Crippen LogP contribution in [0.4, 0.5) is 5.95 Å². The van der Waals surface area contributed by atoms with Crippen molar-refractivity contribution < 1.29 is 4.79 Å². The van der Waals surface area contributed by atoms with E-state index < -0.39 is 0 Å². The summed E-state index contributed by atoms with van der Waals surface area (Å²) in [5, 5.41) is 6.19. The third kappa shape index (κ3) is 2.41. The van der Waals surface area contributed by atoms with Gasteiger partial charge in [0.15, 0.2) is 0 Å². The molecule has 1 unspecified atom stereocenters. The number of benzene rings is 1. The molecular weight excluding hydrogens is 252 g/mol. The summed E-state index contributed by atoms with van der Waals surface area (Å²) in [4.78, 5) is 16.8. The van der Waals surface area contributed by atoms with Crippen molar-refractivity contribution in [3.05, 3.63) is 24.3 Å². The van der Waals surface area contributed by atoms with Gasteiger partial charge in [0.05, 0.1) is 17.1 Å². The Morgan fingerprint density at radius 2 is 2.35 bits per heavy atom. The first-order valence-electron chi connectivity index (χ1n) is 7.29. The number of fused-ring (bicyclic) bond motifs is 1. The monoisotopic (exact) mass is 272 g/mol. The van der Waals surface area contributed by atoms with Crippen LogP contribution in [0, 0.1) is 0 Å². The van der Waals surface area contributed by atoms with E-state index in [0.717, 1.165) is 43.4 Å². The Morgan fingerprint density at radius 3 is 3.10 bits per heavy atom. The van der Waals surface area contributed by atoms with Crippen molar-refractivity contribution in [3.63, 3.8) is 0 Å². The van der Waals surface area contributed by atoms with Gasteiger partial charge in [-0.05, 0) is 37.9 Å². The summed E-state index contributed by atoms with van der Waals surface area (Å²) in [6.45, 7) is 3.90. The fraction of sp³-hybridized carbons (Fsp3) is 0.467. The van der Waals surface area contributed by atoms with Gasteiger partial charge >= 0.3 is 0 Å². The number of amides is 1. The predicted octanol–water partition coefficient (Wildman–Crippen LogP) is 2.14. The zero-order valence-electron chi connectivity index (χ0n) is 11.7. The van der Waals surface area contributed by atoms with E-state index in [1.807, 2.05) is 24.3 Å². The summed E-state index contributed by atoms with van der Waals surface area (Å²) in [5.74, 6) is 0.682. The molecule has 1 aromatic carbocycles. The van der Waals surface area contributed by atoms with E-state index in [1.165, 1.54) is 0 Å². The van der Waals surface area contributed by atoms with Crippen molar-refractivity contribution in [2.24, 2.45) is 0 Å². The first-order valence-corrected chi connectivity index (χ1v) is 7.29. The van der Waals surface area contributed by atoms with Crippen molar-refractivity contribution >= 4 is 22.9 Å². The Balaban J connectivity index is 1.89. The lowest BCUT2D eigenvalue weighted by Gasteiger charge is -2.12. The topological polar surface area (TPSA) is 59.0 Å². The molecule has 5 nitrogen and oxygen atoms in total. The molecule has 1 atom stereocenters. The summed E-state index contributed by atoms with van der Waals surface area (Å²) in [7, 11) is 0. The molecule has 1 amide bonds. The van der Waals surface area contributed by atoms with Gasteiger partial charge in [-0.2, -0.15) is 0 Å². The molecule has 106 valence electrons. The number of imidazole rings is 1. The number of nitrogens with zero attached hydrogens (tertiary/aromatic N) is 2. The van der Waals surface area contributed by atoms with Gasteiger partial charge in [-0.15, -0.1) is 0 Å². The Bertz CT molecular complexity index is 613. The molecule has 3 rings (SSSR count). The lowest BCUT2D eigenvalue weighted by atomic mass is 10.2. The van der Waals surface area contributed by atoms with Crippen LogP contribution >= 0.6 is 0 Å². The number of para-hydroxylation sites is 2. The molecule has 0 spiro atoms. The molecule has 2 aromatic rings. The second-order valence-corrected chi connectivity index (χ2v) is 5.21. The summed E-state index contributed by atoms with van der Waals surface area (Å²) < 4.78 is 2.09. The molecule has 0 saturated carbocycles. The van der Waals surface area contributed by atoms with E-state index in [0.29, 0.717) is 5.95 Å². The normalized spacial score (nSPS) is 18.6. The highest BCUT2D eigenvalue weighted by Crippen LogP contribution is 2.20. The molecule has 1 aliphatic heterocycles. The standard InChI is InChI=1S/C15H20N4O/c1-2-10-19-13-8-4-3-6-11(13)17-15(19)18-14(20)12-7-5-9-16-12/h3-4,6,8,12,16H,2,5,7,9-10H2,1H3,(H,17,18,20). The van der Waals surface area contributed by atoms with Gasteiger partial charge in [-0.3, -0.25) is 10.1 Å². The maximum absolute atomic E-state index is 12.2. The summed E-state index contributed by atoms with van der Waals surface area (Å²) in [5.41, 5.74) is 2.00. The zero-order chi connectivity index (χ0) is 13.9. The Labute approximate surface area is 118 Å². The highest BCUT2D eigenvalue weighted by molar-refractivity contribution is 5.95. The quantitative estimate of drug-likeness (QED) is 0.896. The Hall–Kier alpha value is -1.88. The lowest BCUT2D eigenvalue weighted by molar-refractivity contribution is -0.117. The van der Waals surface area contributed by atoms with Gasteiger partial charge in [0.1, 0.15) is 0 Å². The lowest BCUT2D eigenvalue weighted by Crippen LogP contribution is -2.36. The molecule has 0 aliphatic carbocycles. The van der Waals surface area contributed by atoms with Crippen molar-refractivity contribution in [3.8, 4) is 0 Å². The second-order valence-electron chi connectivity index (χ2n) is 5.21. The van der Waals surface area contributed by atoms with E-state index in [-0.39, 0.29) is 11.9 Å². The molecule has 0 radical (unpaired) electrons. The molecule has 1 aliphatic rings. The Kier molecular flexibility index (Phi) is 3.69. The minimum absolute atomic E-state index is 0.0233. The van der Waals surface area contributed by atoms with Crippen molar-refractivity contribution in [2.45, 2.75) is 38.8 Å². The highest BCUT2D eigenvalue weighted by atomic mass is 16.2. The van der Waals surface area contributed by atoms with Crippen LogP contribution in [0.25, 0.3) is 11.0 Å². The SMILES string of the molecule is CCCn1c(NC(=O)C2CCCN2)nc2ccccc21. The van der Waals surface area contributed by atoms with Gasteiger partial charge in [-0.1, -0.05) is 19.1 Å². The van der Waals surface area contributed by atoms with E-state index in [1.54, 1.807) is 0 Å². The van der Waals surface area contributed by atoms with E-state index in [4.69, 9.17) is 0 Å². The molecule has 1 aromatic heterocycles. The van der Waals surface area contributed by atoms with Crippen LogP contribution in [-0.2, 0) is 11.3 Å². The van der Waals surface area contributed by atoms with Gasteiger partial charge in [0.2, 0.25) is 11.9 Å². The summed E-state index contributed by atoms with van der Waals surface area (Å²) in [6.07, 6.45) is 2.97. The molecule has 20 heavy (non-hydrogen) atoms. The number of carbonyl (C=O) groups is 1. The van der Waals surface area contributed by atoms with E-state index >= 15 is 0 Å². The van der Waals surface area contributed by atoms with Crippen LogP contribution in [0.15, 0.2) is 24.3 Å². The maximum Gasteiger partial charge on any atom is 0.243 e. The second kappa shape index (κ2) is 5.63. The minimum atomic E-state index is -0.0788. The van der Waals surface area contributed by atoms with Gasteiger partial charge < -0.3 is 9.88 Å². The van der Waals surface area contributed by atoms with Crippen LogP contribution in [0.1, 0.15) is 26.2 Å². The first kappa shape index (κ1) is 13.1. The predicted molar refractivity (Wildman–Crippen MR) is 79.7 cm³/mol. The molecule has 2 N–H and O–H groups in total. The highest BCUT2D eigenvalue weighted by Gasteiger charge is 2.23. The van der Waals surface area contributed by atoms with Gasteiger partial charge in [0.25, 0.3) is 0 Å². The van der Waals surface area contributed by atoms with E-state index in [9.17, 15) is 4.79 Å². The van der Waals surface area contributed by atoms with Crippen LogP contribution in [0.2, 0.25) is 0 Å². The molecule has 5 heteroatoms. The van der Waals surface area contributed by atoms with Crippen molar-refractivity contribution in [1.29, 1.82) is 0 Å². The number of anilines is 1. The maximum atomic E-state index is 12.2. The minimum Gasteiger partial charge on any atom is -0.310 e. The van der Waals surface area contributed by atoms with E-state index in [2.05, 4.69) is 27.1 Å². The third-order valence-electron chi connectivity index (χ3n) is 3.71. The number of rotatable bonds is 4. The summed E-state index contributed by atoms with van der Waals surface area (Å²) in [6, 6.07) is 7.91. The fourth-order valence-electron chi connectivity index (χ4n) is 2.73. The molecular formula is C15H20N4O. The van der Waals surface area contributed by atoms with Gasteiger partial charge in [-0.25, -0.2) is 4.98 Å². The third-order valence-corrected chi connectivity index (χ3v) is 3.71. The number of carbonyl (C=O) groups excluding carboxylic acids is 1. The number of aromatic nitrogens is 2. The zero-order valence-corrected chi connectivity index (χ0v) is 11.7. The number of aryl methyl sites for hydroxylation is 1. The fourth-order valence-corrected chi connectivity index (χ4v) is 2.73. The first-order chi connectivity index (χ1) is 9.79. The molecule has 0 bridgehead atoms. The number of hydrogen-bond donors (Lipinski definition) is 2. The average molecular weight is 272 g/mol. The van der Waals surface area contributed by atoms with Crippen LogP contribution in [-0.4, -0.2) is 28.0 Å². The van der Waals surface area contributed by atoms with Crippen LogP contribution < -0.4 is 10.6 Å². The molecule has 1 saturated heterocycles. The molecule has 1 fully saturated rings. The summed E-state index contributed by atoms with van der Waals surface area (Å²) >= 11 is 0. The Morgan fingerprint density at radius 1 is 1.50 bits per heavy atom. The van der Waals surface area contributed by atoms with Gasteiger partial charge in [0, 0.05) is 6.54 Å². The number of nitrogens with one attached hydrogen (secondary N) is 2. The van der Waals surface area contributed by atoms with Crippen molar-refractivity contribution in [2.75, 3.05) is 11.9 Å². The molecule has 2 heterocycles. The smallest absolute Gasteiger partial charge is 0.243 e.